The Morgan fingerprint density at radius 3 is 2.55 bits per heavy atom. The van der Waals surface area contributed by atoms with Gasteiger partial charge in [-0.3, -0.25) is 9.69 Å². The van der Waals surface area contributed by atoms with Crippen molar-refractivity contribution >= 4 is 5.97 Å². The Balaban J connectivity index is 2.00. The first-order valence-corrected chi connectivity index (χ1v) is 8.19. The molecule has 2 fully saturated rings. The van der Waals surface area contributed by atoms with Crippen LogP contribution in [0.5, 0.6) is 0 Å². The molecule has 1 heterocycles. The number of nitrogens with zero attached hydrogens (tertiary/aromatic N) is 1. The van der Waals surface area contributed by atoms with Crippen molar-refractivity contribution in [3.63, 3.8) is 0 Å². The quantitative estimate of drug-likeness (QED) is 0.812. The minimum absolute atomic E-state index is 0.445. The van der Waals surface area contributed by atoms with E-state index in [2.05, 4.69) is 31.0 Å². The summed E-state index contributed by atoms with van der Waals surface area (Å²) in [5.41, 5.74) is -0.676. The van der Waals surface area contributed by atoms with Gasteiger partial charge < -0.3 is 10.4 Å². The van der Waals surface area contributed by atoms with Gasteiger partial charge >= 0.3 is 5.97 Å². The van der Waals surface area contributed by atoms with Gasteiger partial charge in [0.2, 0.25) is 0 Å². The predicted molar refractivity (Wildman–Crippen MR) is 80.8 cm³/mol. The number of carboxylic acids is 1. The molecule has 0 bridgehead atoms. The maximum atomic E-state index is 11.7. The molecule has 2 N–H and O–H groups in total. The fourth-order valence-corrected chi connectivity index (χ4v) is 4.14. The first-order chi connectivity index (χ1) is 9.47. The van der Waals surface area contributed by atoms with E-state index in [4.69, 9.17) is 0 Å². The van der Waals surface area contributed by atoms with Crippen molar-refractivity contribution in [2.75, 3.05) is 19.6 Å². The van der Waals surface area contributed by atoms with Crippen LogP contribution in [0.25, 0.3) is 0 Å². The fraction of sp³-hybridized carbons (Fsp3) is 0.938. The van der Waals surface area contributed by atoms with Crippen molar-refractivity contribution in [1.82, 2.24) is 10.2 Å². The van der Waals surface area contributed by atoms with Gasteiger partial charge in [0.05, 0.1) is 0 Å². The Morgan fingerprint density at radius 1 is 1.35 bits per heavy atom. The lowest BCUT2D eigenvalue weighted by atomic mass is 9.90. The summed E-state index contributed by atoms with van der Waals surface area (Å²) < 4.78 is 0. The minimum atomic E-state index is -0.676. The molecule has 4 heteroatoms. The van der Waals surface area contributed by atoms with Gasteiger partial charge in [0.25, 0.3) is 0 Å². The first kappa shape index (κ1) is 15.8. The van der Waals surface area contributed by atoms with Gasteiger partial charge in [-0.25, -0.2) is 0 Å². The molecular formula is C16H30N2O2. The van der Waals surface area contributed by atoms with Crippen LogP contribution in [0.3, 0.4) is 0 Å². The van der Waals surface area contributed by atoms with Gasteiger partial charge in [0.1, 0.15) is 5.54 Å². The number of piperidine rings is 1. The lowest BCUT2D eigenvalue weighted by Crippen LogP contribution is -2.52. The topological polar surface area (TPSA) is 52.6 Å². The van der Waals surface area contributed by atoms with Gasteiger partial charge in [-0.05, 0) is 50.5 Å². The van der Waals surface area contributed by atoms with E-state index in [0.29, 0.717) is 6.04 Å². The number of aliphatic carboxylic acids is 1. The van der Waals surface area contributed by atoms with Crippen LogP contribution in [-0.4, -0.2) is 47.2 Å². The highest BCUT2D eigenvalue weighted by molar-refractivity contribution is 5.79. The molecule has 116 valence electrons. The third kappa shape index (κ3) is 3.34. The summed E-state index contributed by atoms with van der Waals surface area (Å²) in [6.07, 6.45) is 4.84. The van der Waals surface area contributed by atoms with E-state index in [0.717, 1.165) is 57.2 Å². The number of rotatable bonds is 5. The molecule has 0 aromatic rings. The van der Waals surface area contributed by atoms with E-state index in [1.54, 1.807) is 0 Å². The normalized spacial score (nSPS) is 39.0. The third-order valence-electron chi connectivity index (χ3n) is 5.02. The van der Waals surface area contributed by atoms with E-state index >= 15 is 0 Å². The van der Waals surface area contributed by atoms with Crippen LogP contribution < -0.4 is 5.32 Å². The molecular weight excluding hydrogens is 252 g/mol. The van der Waals surface area contributed by atoms with Crippen molar-refractivity contribution in [1.29, 1.82) is 0 Å². The largest absolute Gasteiger partial charge is 0.480 e. The monoisotopic (exact) mass is 282 g/mol. The van der Waals surface area contributed by atoms with E-state index in [-0.39, 0.29) is 0 Å². The molecule has 1 saturated heterocycles. The average Bonchev–Trinajstić information content (AvgIpc) is 2.81. The van der Waals surface area contributed by atoms with Gasteiger partial charge in [-0.2, -0.15) is 0 Å². The smallest absolute Gasteiger partial charge is 0.323 e. The summed E-state index contributed by atoms with van der Waals surface area (Å²) in [4.78, 5) is 14.3. The van der Waals surface area contributed by atoms with Crippen LogP contribution in [-0.2, 0) is 4.79 Å². The lowest BCUT2D eigenvalue weighted by Gasteiger charge is -2.39. The molecule has 0 spiro atoms. The minimum Gasteiger partial charge on any atom is -0.480 e. The molecule has 2 aliphatic rings. The van der Waals surface area contributed by atoms with Crippen LogP contribution >= 0.6 is 0 Å². The molecule has 4 nitrogen and oxygen atoms in total. The summed E-state index contributed by atoms with van der Waals surface area (Å²) in [6.45, 7) is 9.79. The van der Waals surface area contributed by atoms with Crippen LogP contribution in [0.2, 0.25) is 0 Å². The molecule has 0 aromatic carbocycles. The highest BCUT2D eigenvalue weighted by atomic mass is 16.4. The second kappa shape index (κ2) is 6.44. The summed E-state index contributed by atoms with van der Waals surface area (Å²) >= 11 is 0. The van der Waals surface area contributed by atoms with Crippen LogP contribution in [0.4, 0.5) is 0 Å². The van der Waals surface area contributed by atoms with Crippen molar-refractivity contribution < 1.29 is 9.90 Å². The van der Waals surface area contributed by atoms with Crippen molar-refractivity contribution in [3.05, 3.63) is 0 Å². The van der Waals surface area contributed by atoms with E-state index < -0.39 is 11.5 Å². The van der Waals surface area contributed by atoms with Crippen LogP contribution in [0.15, 0.2) is 0 Å². The zero-order valence-electron chi connectivity index (χ0n) is 13.2. The molecule has 1 aliphatic carbocycles. The van der Waals surface area contributed by atoms with Crippen molar-refractivity contribution in [2.45, 2.75) is 64.5 Å². The predicted octanol–water partition coefficient (Wildman–Crippen LogP) is 2.34. The zero-order chi connectivity index (χ0) is 14.8. The van der Waals surface area contributed by atoms with Crippen molar-refractivity contribution in [3.8, 4) is 0 Å². The van der Waals surface area contributed by atoms with Gasteiger partial charge in [-0.1, -0.05) is 20.8 Å². The van der Waals surface area contributed by atoms with E-state index in [1.165, 1.54) is 6.42 Å². The van der Waals surface area contributed by atoms with E-state index in [1.807, 2.05) is 0 Å². The Hall–Kier alpha value is -0.610. The lowest BCUT2D eigenvalue weighted by molar-refractivity contribution is -0.144. The maximum Gasteiger partial charge on any atom is 0.323 e. The van der Waals surface area contributed by atoms with Gasteiger partial charge in [0, 0.05) is 19.1 Å². The molecule has 0 radical (unpaired) electrons. The fourth-order valence-electron chi connectivity index (χ4n) is 4.14. The summed E-state index contributed by atoms with van der Waals surface area (Å²) in [5, 5.41) is 12.9. The Bertz CT molecular complexity index is 337. The summed E-state index contributed by atoms with van der Waals surface area (Å²) in [5.74, 6) is 0.816. The number of nitrogens with one attached hydrogen (secondary N) is 1. The standard InChI is InChI=1S/C16H30N2O2/c1-4-7-17-16(15(19)20)6-5-14(9-16)18-10-12(2)8-13(3)11-18/h12-14,17H,4-11H2,1-3H3,(H,19,20). The second-order valence-electron chi connectivity index (χ2n) is 7.11. The maximum absolute atomic E-state index is 11.7. The first-order valence-electron chi connectivity index (χ1n) is 8.19. The third-order valence-corrected chi connectivity index (χ3v) is 5.02. The molecule has 20 heavy (non-hydrogen) atoms. The Morgan fingerprint density at radius 2 is 2.00 bits per heavy atom. The van der Waals surface area contributed by atoms with Gasteiger partial charge in [0.15, 0.2) is 0 Å². The number of carbonyl (C=O) groups is 1. The molecule has 1 aliphatic heterocycles. The molecule has 4 unspecified atom stereocenters. The molecule has 0 amide bonds. The molecule has 1 saturated carbocycles. The molecule has 0 aromatic heterocycles. The Kier molecular flexibility index (Phi) is 5.08. The highest BCUT2D eigenvalue weighted by Crippen LogP contribution is 2.36. The van der Waals surface area contributed by atoms with Crippen LogP contribution in [0.1, 0.15) is 52.9 Å². The summed E-state index contributed by atoms with van der Waals surface area (Å²) in [7, 11) is 0. The SMILES string of the molecule is CCCNC1(C(=O)O)CCC(N2CC(C)CC(C)C2)C1. The zero-order valence-corrected chi connectivity index (χ0v) is 13.2. The second-order valence-corrected chi connectivity index (χ2v) is 7.11. The number of likely N-dealkylation sites (tertiary alicyclic amines) is 1. The Labute approximate surface area is 122 Å². The average molecular weight is 282 g/mol. The molecule has 4 atom stereocenters. The number of hydrogen-bond donors (Lipinski definition) is 2. The van der Waals surface area contributed by atoms with E-state index in [9.17, 15) is 9.90 Å². The van der Waals surface area contributed by atoms with Crippen LogP contribution in [0, 0.1) is 11.8 Å². The number of hydrogen-bond acceptors (Lipinski definition) is 3. The highest BCUT2D eigenvalue weighted by Gasteiger charge is 2.47. The molecule has 2 rings (SSSR count). The summed E-state index contributed by atoms with van der Waals surface area (Å²) in [6, 6.07) is 0.445. The van der Waals surface area contributed by atoms with Gasteiger partial charge in [-0.15, -0.1) is 0 Å². The number of carboxylic acid groups (broad SMARTS) is 1. The van der Waals surface area contributed by atoms with Crippen molar-refractivity contribution in [2.24, 2.45) is 11.8 Å².